The number of hydrogen-bond acceptors (Lipinski definition) is 2. The molecule has 0 aliphatic rings. The minimum absolute atomic E-state index is 0.887. The molecule has 1 atom stereocenters. The van der Waals surface area contributed by atoms with Crippen LogP contribution < -0.4 is 10.6 Å². The molecule has 0 aromatic heterocycles. The highest BCUT2D eigenvalue weighted by Crippen LogP contribution is 1.80. The summed E-state index contributed by atoms with van der Waals surface area (Å²) in [6, 6.07) is 9.34. The highest BCUT2D eigenvalue weighted by Gasteiger charge is 1.99. The zero-order chi connectivity index (χ0) is 6.69. The fourth-order valence-corrected chi connectivity index (χ4v) is 1.27. The molecule has 1 unspecified atom stereocenters. The zero-order valence-electron chi connectivity index (χ0n) is 4.99. The molecule has 0 saturated carbocycles. The van der Waals surface area contributed by atoms with E-state index in [0.717, 1.165) is 5.19 Å². The van der Waals surface area contributed by atoms with Crippen LogP contribution in [0.25, 0.3) is 0 Å². The van der Waals surface area contributed by atoms with Gasteiger partial charge >= 0.3 is 0 Å². The number of rotatable bonds is 1. The van der Waals surface area contributed by atoms with Crippen molar-refractivity contribution in [2.45, 2.75) is 0 Å². The van der Waals surface area contributed by atoms with Crippen LogP contribution in [-0.4, -0.2) is 14.0 Å². The van der Waals surface area contributed by atoms with E-state index in [1.54, 1.807) is 0 Å². The molecule has 0 heterocycles. The average molecular weight is 139 g/mol. The summed E-state index contributed by atoms with van der Waals surface area (Å²) in [4.78, 5) is 8.94. The molecule has 3 heteroatoms. The largest absolute Gasteiger partial charge is 0.418 e. The van der Waals surface area contributed by atoms with E-state index in [1.165, 1.54) is 0 Å². The van der Waals surface area contributed by atoms with E-state index in [9.17, 15) is 0 Å². The van der Waals surface area contributed by atoms with Gasteiger partial charge in [0.25, 0.3) is 9.20 Å². The molecule has 9 heavy (non-hydrogen) atoms. The lowest BCUT2D eigenvalue weighted by Gasteiger charge is -1.98. The molecule has 0 aliphatic heterocycles. The number of benzene rings is 1. The van der Waals surface area contributed by atoms with E-state index in [4.69, 9.17) is 10.2 Å². The van der Waals surface area contributed by atoms with Crippen LogP contribution in [0.5, 0.6) is 0 Å². The van der Waals surface area contributed by atoms with Crippen molar-refractivity contribution >= 4 is 14.4 Å². The lowest BCUT2D eigenvalue weighted by atomic mass is 10.4. The number of nitrogens with two attached hydrogens (primary N) is 1. The van der Waals surface area contributed by atoms with Gasteiger partial charge in [0.15, 0.2) is 0 Å². The third-order valence-electron chi connectivity index (χ3n) is 1.14. The maximum atomic E-state index is 8.94. The van der Waals surface area contributed by atoms with Crippen LogP contribution >= 0.6 is 0 Å². The smallest absolute Gasteiger partial charge is 0.280 e. The second kappa shape index (κ2) is 2.77. The Morgan fingerprint density at radius 2 is 1.78 bits per heavy atom. The first kappa shape index (κ1) is 6.48. The summed E-state index contributed by atoms with van der Waals surface area (Å²) in [6.07, 6.45) is 0. The molecular weight excluding hydrogens is 130 g/mol. The lowest BCUT2D eigenvalue weighted by Crippen LogP contribution is -2.39. The van der Waals surface area contributed by atoms with Crippen molar-refractivity contribution in [1.82, 2.24) is 0 Å². The Morgan fingerprint density at radius 1 is 1.22 bits per heavy atom. The lowest BCUT2D eigenvalue weighted by molar-refractivity contribution is 0.588. The monoisotopic (exact) mass is 139 g/mol. The van der Waals surface area contributed by atoms with Crippen LogP contribution in [0.3, 0.4) is 0 Å². The van der Waals surface area contributed by atoms with Crippen molar-refractivity contribution in [3.8, 4) is 0 Å². The van der Waals surface area contributed by atoms with Crippen LogP contribution in [0.15, 0.2) is 30.3 Å². The molecule has 0 fully saturated rings. The van der Waals surface area contributed by atoms with E-state index in [2.05, 4.69) is 0 Å². The normalized spacial score (nSPS) is 13.1. The topological polar surface area (TPSA) is 46.2 Å². The molecule has 0 spiro atoms. The summed E-state index contributed by atoms with van der Waals surface area (Å²) >= 11 is 0. The van der Waals surface area contributed by atoms with Gasteiger partial charge in [-0.25, -0.2) is 0 Å². The van der Waals surface area contributed by atoms with Crippen molar-refractivity contribution in [2.24, 2.45) is 5.40 Å². The summed E-state index contributed by atoms with van der Waals surface area (Å²) in [5.74, 6) is 0. The van der Waals surface area contributed by atoms with Gasteiger partial charge in [-0.3, -0.25) is 0 Å². The van der Waals surface area contributed by atoms with Gasteiger partial charge in [0, 0.05) is 0 Å². The van der Waals surface area contributed by atoms with Crippen LogP contribution in [0.4, 0.5) is 0 Å². The molecule has 48 valence electrons. The van der Waals surface area contributed by atoms with Crippen molar-refractivity contribution < 1.29 is 4.80 Å². The van der Waals surface area contributed by atoms with Crippen LogP contribution in [0.1, 0.15) is 0 Å². The van der Waals surface area contributed by atoms with E-state index in [0.29, 0.717) is 0 Å². The molecule has 1 aromatic carbocycles. The van der Waals surface area contributed by atoms with Gasteiger partial charge in [-0.2, -0.15) is 0 Å². The van der Waals surface area contributed by atoms with Gasteiger partial charge in [0.2, 0.25) is 0 Å². The standard InChI is InChI=1S/C6H9NOSi/c7-9(8)6-4-2-1-3-5-6/h1-5,8-9H,7H2. The summed E-state index contributed by atoms with van der Waals surface area (Å²) in [6.45, 7) is 0. The van der Waals surface area contributed by atoms with Gasteiger partial charge in [-0.05, 0) is 5.19 Å². The van der Waals surface area contributed by atoms with Gasteiger partial charge in [-0.1, -0.05) is 30.3 Å². The van der Waals surface area contributed by atoms with E-state index in [1.807, 2.05) is 30.3 Å². The molecule has 1 aromatic rings. The average Bonchev–Trinajstić information content (AvgIpc) is 1.90. The van der Waals surface area contributed by atoms with Crippen molar-refractivity contribution in [3.63, 3.8) is 0 Å². The summed E-state index contributed by atoms with van der Waals surface area (Å²) in [5.41, 5.74) is 0. The van der Waals surface area contributed by atoms with Crippen LogP contribution in [-0.2, 0) is 0 Å². The van der Waals surface area contributed by atoms with Gasteiger partial charge in [0.05, 0.1) is 0 Å². The highest BCUT2D eigenvalue weighted by molar-refractivity contribution is 6.62. The first-order valence-electron chi connectivity index (χ1n) is 2.79. The molecule has 3 N–H and O–H groups in total. The molecule has 0 amide bonds. The Hall–Kier alpha value is -0.643. The van der Waals surface area contributed by atoms with Crippen molar-refractivity contribution in [3.05, 3.63) is 30.3 Å². The third-order valence-corrected chi connectivity index (χ3v) is 2.21. The van der Waals surface area contributed by atoms with Crippen molar-refractivity contribution in [2.75, 3.05) is 0 Å². The quantitative estimate of drug-likeness (QED) is 0.494. The SMILES string of the molecule is N[SiH](O)c1ccccc1. The van der Waals surface area contributed by atoms with Gasteiger partial charge < -0.3 is 10.2 Å². The van der Waals surface area contributed by atoms with Gasteiger partial charge in [0.1, 0.15) is 0 Å². The Labute approximate surface area is 55.7 Å². The molecule has 0 radical (unpaired) electrons. The highest BCUT2D eigenvalue weighted by atomic mass is 28.3. The Bertz CT molecular complexity index is 176. The Morgan fingerprint density at radius 3 is 2.11 bits per heavy atom. The minimum Gasteiger partial charge on any atom is -0.418 e. The first-order chi connectivity index (χ1) is 4.30. The summed E-state index contributed by atoms with van der Waals surface area (Å²) < 4.78 is 0. The maximum Gasteiger partial charge on any atom is 0.280 e. The zero-order valence-corrected chi connectivity index (χ0v) is 6.14. The molecule has 0 aliphatic carbocycles. The fraction of sp³-hybridized carbons (Fsp3) is 0. The van der Waals surface area contributed by atoms with E-state index in [-0.39, 0.29) is 0 Å². The van der Waals surface area contributed by atoms with Crippen LogP contribution in [0, 0.1) is 0 Å². The molecule has 1 rings (SSSR count). The predicted molar refractivity (Wildman–Crippen MR) is 39.6 cm³/mol. The molecular formula is C6H9NOSi. The second-order valence-corrected chi connectivity index (χ2v) is 3.41. The maximum absolute atomic E-state index is 8.94. The van der Waals surface area contributed by atoms with E-state index < -0.39 is 9.20 Å². The minimum atomic E-state index is -2.03. The van der Waals surface area contributed by atoms with Gasteiger partial charge in [-0.15, -0.1) is 0 Å². The predicted octanol–water partition coefficient (Wildman–Crippen LogP) is -0.935. The third kappa shape index (κ3) is 1.64. The molecule has 0 saturated heterocycles. The second-order valence-electron chi connectivity index (χ2n) is 1.86. The van der Waals surface area contributed by atoms with Crippen molar-refractivity contribution in [1.29, 1.82) is 0 Å². The Balaban J connectivity index is 2.85. The Kier molecular flexibility index (Phi) is 1.99. The van der Waals surface area contributed by atoms with Crippen LogP contribution in [0.2, 0.25) is 0 Å². The summed E-state index contributed by atoms with van der Waals surface area (Å²) in [5, 5.41) is 6.19. The molecule has 0 bridgehead atoms. The first-order valence-corrected chi connectivity index (χ1v) is 4.55. The molecule has 2 nitrogen and oxygen atoms in total. The fourth-order valence-electron chi connectivity index (χ4n) is 0.650. The summed E-state index contributed by atoms with van der Waals surface area (Å²) in [7, 11) is -2.03. The van der Waals surface area contributed by atoms with E-state index >= 15 is 0 Å². The number of hydrogen-bond donors (Lipinski definition) is 2.